The second-order valence-corrected chi connectivity index (χ2v) is 6.02. The normalized spacial score (nSPS) is 19.9. The number of hydrogen-bond acceptors (Lipinski definition) is 5. The first kappa shape index (κ1) is 14.6. The van der Waals surface area contributed by atoms with E-state index >= 15 is 0 Å². The topological polar surface area (TPSA) is 58.6 Å². The third-order valence-electron chi connectivity index (χ3n) is 3.09. The Morgan fingerprint density at radius 1 is 1.30 bits per heavy atom. The molecule has 2 heterocycles. The van der Waals surface area contributed by atoms with Crippen molar-refractivity contribution in [2.75, 3.05) is 24.5 Å². The third kappa shape index (κ3) is 3.59. The number of carbonyl (C=O) groups is 1. The van der Waals surface area contributed by atoms with Crippen LogP contribution in [0.4, 0.5) is 10.7 Å². The van der Waals surface area contributed by atoms with Crippen LogP contribution < -0.4 is 4.90 Å². The summed E-state index contributed by atoms with van der Waals surface area (Å²) < 4.78 is 5.40. The zero-order valence-electron chi connectivity index (χ0n) is 12.5. The van der Waals surface area contributed by atoms with Gasteiger partial charge in [-0.15, -0.1) is 0 Å². The van der Waals surface area contributed by atoms with E-state index in [-0.39, 0.29) is 12.1 Å². The Labute approximate surface area is 119 Å². The number of rotatable bonds is 1. The SMILES string of the molecule is C[C@H]1CN(C(=O)OC(C)(C)C)CCN1c1ncccn1. The molecule has 1 aliphatic rings. The van der Waals surface area contributed by atoms with E-state index in [1.165, 1.54) is 0 Å². The molecule has 1 aromatic rings. The summed E-state index contributed by atoms with van der Waals surface area (Å²) in [6.45, 7) is 9.65. The number of nitrogens with zero attached hydrogens (tertiary/aromatic N) is 4. The van der Waals surface area contributed by atoms with Crippen LogP contribution in [0.25, 0.3) is 0 Å². The Kier molecular flexibility index (Phi) is 4.11. The van der Waals surface area contributed by atoms with Crippen LogP contribution in [-0.2, 0) is 4.74 Å². The van der Waals surface area contributed by atoms with Crippen LogP contribution in [-0.4, -0.2) is 52.2 Å². The number of piperazine rings is 1. The minimum absolute atomic E-state index is 0.165. The van der Waals surface area contributed by atoms with E-state index in [2.05, 4.69) is 21.8 Å². The van der Waals surface area contributed by atoms with Gasteiger partial charge in [0, 0.05) is 38.1 Å². The summed E-state index contributed by atoms with van der Waals surface area (Å²) in [6.07, 6.45) is 3.21. The molecule has 6 heteroatoms. The second kappa shape index (κ2) is 5.64. The molecule has 0 aromatic carbocycles. The van der Waals surface area contributed by atoms with Gasteiger partial charge in [-0.1, -0.05) is 0 Å². The maximum Gasteiger partial charge on any atom is 0.410 e. The molecule has 1 amide bonds. The number of amides is 1. The lowest BCUT2D eigenvalue weighted by Crippen LogP contribution is -2.55. The first-order valence-corrected chi connectivity index (χ1v) is 6.88. The van der Waals surface area contributed by atoms with Gasteiger partial charge in [0.2, 0.25) is 5.95 Å². The Bertz CT molecular complexity index is 458. The fraction of sp³-hybridized carbons (Fsp3) is 0.643. The summed E-state index contributed by atoms with van der Waals surface area (Å²) in [5.74, 6) is 0.712. The van der Waals surface area contributed by atoms with Crippen LogP contribution in [0.15, 0.2) is 18.5 Å². The van der Waals surface area contributed by atoms with Gasteiger partial charge in [-0.2, -0.15) is 0 Å². The zero-order valence-corrected chi connectivity index (χ0v) is 12.5. The largest absolute Gasteiger partial charge is 0.444 e. The molecule has 0 spiro atoms. The number of hydrogen-bond donors (Lipinski definition) is 0. The Balaban J connectivity index is 1.97. The van der Waals surface area contributed by atoms with Crippen molar-refractivity contribution in [2.45, 2.75) is 39.3 Å². The highest BCUT2D eigenvalue weighted by Crippen LogP contribution is 2.17. The molecule has 1 saturated heterocycles. The van der Waals surface area contributed by atoms with E-state index in [4.69, 9.17) is 4.74 Å². The molecule has 1 aromatic heterocycles. The van der Waals surface area contributed by atoms with Gasteiger partial charge in [-0.25, -0.2) is 14.8 Å². The number of ether oxygens (including phenoxy) is 1. The van der Waals surface area contributed by atoms with E-state index in [0.29, 0.717) is 25.6 Å². The molecule has 0 aliphatic carbocycles. The minimum Gasteiger partial charge on any atom is -0.444 e. The summed E-state index contributed by atoms with van der Waals surface area (Å²) in [7, 11) is 0. The maximum absolute atomic E-state index is 12.1. The molecule has 0 unspecified atom stereocenters. The molecule has 110 valence electrons. The summed E-state index contributed by atoms with van der Waals surface area (Å²) in [5.41, 5.74) is -0.458. The standard InChI is InChI=1S/C14H22N4O2/c1-11-10-17(13(19)20-14(2,3)4)8-9-18(11)12-15-6-5-7-16-12/h5-7,11H,8-10H2,1-4H3/t11-/m0/s1. The summed E-state index contributed by atoms with van der Waals surface area (Å²) in [4.78, 5) is 24.4. The van der Waals surface area contributed by atoms with Crippen LogP contribution in [0.3, 0.4) is 0 Å². The van der Waals surface area contributed by atoms with Gasteiger partial charge in [0.05, 0.1) is 0 Å². The monoisotopic (exact) mass is 278 g/mol. The lowest BCUT2D eigenvalue weighted by atomic mass is 10.2. The number of anilines is 1. The Morgan fingerprint density at radius 2 is 1.95 bits per heavy atom. The Hall–Kier alpha value is -1.85. The molecule has 2 rings (SSSR count). The van der Waals surface area contributed by atoms with Crippen molar-refractivity contribution in [3.05, 3.63) is 18.5 Å². The van der Waals surface area contributed by atoms with Gasteiger partial charge >= 0.3 is 6.09 Å². The van der Waals surface area contributed by atoms with Crippen molar-refractivity contribution in [3.8, 4) is 0 Å². The van der Waals surface area contributed by atoms with Crippen molar-refractivity contribution in [1.82, 2.24) is 14.9 Å². The minimum atomic E-state index is -0.458. The van der Waals surface area contributed by atoms with Gasteiger partial charge in [0.15, 0.2) is 0 Å². The molecular weight excluding hydrogens is 256 g/mol. The molecule has 20 heavy (non-hydrogen) atoms. The molecule has 6 nitrogen and oxygen atoms in total. The van der Waals surface area contributed by atoms with E-state index in [1.807, 2.05) is 20.8 Å². The highest BCUT2D eigenvalue weighted by molar-refractivity contribution is 5.68. The van der Waals surface area contributed by atoms with E-state index in [9.17, 15) is 4.79 Å². The lowest BCUT2D eigenvalue weighted by Gasteiger charge is -2.40. The van der Waals surface area contributed by atoms with Crippen LogP contribution in [0.5, 0.6) is 0 Å². The molecule has 0 N–H and O–H groups in total. The van der Waals surface area contributed by atoms with Crippen molar-refractivity contribution < 1.29 is 9.53 Å². The van der Waals surface area contributed by atoms with Crippen molar-refractivity contribution in [1.29, 1.82) is 0 Å². The quantitative estimate of drug-likeness (QED) is 0.785. The zero-order chi connectivity index (χ0) is 14.8. The van der Waals surface area contributed by atoms with Crippen molar-refractivity contribution in [2.24, 2.45) is 0 Å². The van der Waals surface area contributed by atoms with Gasteiger partial charge in [0.25, 0.3) is 0 Å². The van der Waals surface area contributed by atoms with Crippen LogP contribution >= 0.6 is 0 Å². The maximum atomic E-state index is 12.1. The predicted molar refractivity (Wildman–Crippen MR) is 76.6 cm³/mol. The van der Waals surface area contributed by atoms with Crippen LogP contribution in [0.2, 0.25) is 0 Å². The first-order valence-electron chi connectivity index (χ1n) is 6.88. The highest BCUT2D eigenvalue weighted by Gasteiger charge is 2.30. The average Bonchev–Trinajstić information content (AvgIpc) is 2.37. The first-order chi connectivity index (χ1) is 9.37. The highest BCUT2D eigenvalue weighted by atomic mass is 16.6. The molecule has 0 bridgehead atoms. The van der Waals surface area contributed by atoms with E-state index in [0.717, 1.165) is 0 Å². The van der Waals surface area contributed by atoms with Crippen LogP contribution in [0, 0.1) is 0 Å². The molecule has 1 aliphatic heterocycles. The molecule has 1 fully saturated rings. The van der Waals surface area contributed by atoms with Crippen LogP contribution in [0.1, 0.15) is 27.7 Å². The van der Waals surface area contributed by atoms with Crippen molar-refractivity contribution >= 4 is 12.0 Å². The third-order valence-corrected chi connectivity index (χ3v) is 3.09. The predicted octanol–water partition coefficient (Wildman–Crippen LogP) is 1.92. The summed E-state index contributed by atoms with van der Waals surface area (Å²) >= 11 is 0. The van der Waals surface area contributed by atoms with Gasteiger partial charge in [0.1, 0.15) is 5.60 Å². The number of carbonyl (C=O) groups excluding carboxylic acids is 1. The lowest BCUT2D eigenvalue weighted by molar-refractivity contribution is 0.0218. The molecule has 0 radical (unpaired) electrons. The molecular formula is C14H22N4O2. The molecule has 0 saturated carbocycles. The van der Waals surface area contributed by atoms with E-state index in [1.54, 1.807) is 23.4 Å². The van der Waals surface area contributed by atoms with Gasteiger partial charge in [-0.05, 0) is 33.8 Å². The second-order valence-electron chi connectivity index (χ2n) is 6.02. The fourth-order valence-electron chi connectivity index (χ4n) is 2.19. The fourth-order valence-corrected chi connectivity index (χ4v) is 2.19. The summed E-state index contributed by atoms with van der Waals surface area (Å²) in [5, 5.41) is 0. The molecule has 1 atom stereocenters. The number of aromatic nitrogens is 2. The average molecular weight is 278 g/mol. The van der Waals surface area contributed by atoms with Crippen molar-refractivity contribution in [3.63, 3.8) is 0 Å². The van der Waals surface area contributed by atoms with E-state index < -0.39 is 5.60 Å². The Morgan fingerprint density at radius 3 is 2.50 bits per heavy atom. The summed E-state index contributed by atoms with van der Waals surface area (Å²) in [6, 6.07) is 1.96. The van der Waals surface area contributed by atoms with Gasteiger partial charge in [-0.3, -0.25) is 0 Å². The smallest absolute Gasteiger partial charge is 0.410 e. The van der Waals surface area contributed by atoms with Gasteiger partial charge < -0.3 is 14.5 Å².